The normalized spacial score (nSPS) is 15.0. The first kappa shape index (κ1) is 20.7. The fourth-order valence-electron chi connectivity index (χ4n) is 4.07. The highest BCUT2D eigenvalue weighted by atomic mass is 79.9. The number of carbonyl (C=O) groups is 2. The van der Waals surface area contributed by atoms with Gasteiger partial charge < -0.3 is 15.2 Å². The SMILES string of the molecule is Cn1ccc2ccc(C(=O)Nc3cc(Br)cc4c3C(c3cc(F)ccc3Cl)NC4=O)cc21. The topological polar surface area (TPSA) is 63.1 Å². The number of nitrogens with one attached hydrogen (secondary N) is 2. The maximum atomic E-state index is 14.0. The van der Waals surface area contributed by atoms with E-state index in [0.717, 1.165) is 10.9 Å². The lowest BCUT2D eigenvalue weighted by atomic mass is 9.96. The van der Waals surface area contributed by atoms with Gasteiger partial charge in [0.25, 0.3) is 11.8 Å². The van der Waals surface area contributed by atoms with Crippen molar-refractivity contribution in [1.29, 1.82) is 0 Å². The number of aromatic nitrogens is 1. The first-order chi connectivity index (χ1) is 15.3. The molecule has 0 saturated carbocycles. The van der Waals surface area contributed by atoms with Gasteiger partial charge in [0.2, 0.25) is 0 Å². The van der Waals surface area contributed by atoms with Gasteiger partial charge in [-0.3, -0.25) is 9.59 Å². The number of rotatable bonds is 3. The number of benzene rings is 3. The van der Waals surface area contributed by atoms with Gasteiger partial charge in [-0.15, -0.1) is 0 Å². The van der Waals surface area contributed by atoms with Crippen LogP contribution in [0.4, 0.5) is 10.1 Å². The van der Waals surface area contributed by atoms with Gasteiger partial charge in [-0.2, -0.15) is 0 Å². The van der Waals surface area contributed by atoms with Crippen LogP contribution in [0.2, 0.25) is 5.02 Å². The van der Waals surface area contributed by atoms with Crippen molar-refractivity contribution < 1.29 is 14.0 Å². The van der Waals surface area contributed by atoms with E-state index in [4.69, 9.17) is 11.6 Å². The fraction of sp³-hybridized carbons (Fsp3) is 0.0833. The van der Waals surface area contributed by atoms with E-state index in [1.807, 2.05) is 36.0 Å². The van der Waals surface area contributed by atoms with Crippen LogP contribution in [0.25, 0.3) is 10.9 Å². The van der Waals surface area contributed by atoms with Gasteiger partial charge in [-0.1, -0.05) is 33.6 Å². The standard InChI is InChI=1S/C24H16BrClFN3O2/c1-30-7-6-12-2-3-13(8-20(12)30)23(31)28-19-10-14(25)9-17-21(19)22(29-24(17)32)16-11-15(27)4-5-18(16)26/h2-11,22H,1H3,(H,28,31)(H,29,32). The van der Waals surface area contributed by atoms with Gasteiger partial charge in [0.1, 0.15) is 5.82 Å². The van der Waals surface area contributed by atoms with Crippen LogP contribution in [0, 0.1) is 5.82 Å². The van der Waals surface area contributed by atoms with Crippen molar-refractivity contribution in [2.45, 2.75) is 6.04 Å². The summed E-state index contributed by atoms with van der Waals surface area (Å²) in [5, 5.41) is 7.12. The third-order valence-corrected chi connectivity index (χ3v) is 6.42. The van der Waals surface area contributed by atoms with E-state index in [2.05, 4.69) is 26.6 Å². The molecule has 160 valence electrons. The highest BCUT2D eigenvalue weighted by Gasteiger charge is 2.34. The smallest absolute Gasteiger partial charge is 0.255 e. The molecule has 1 atom stereocenters. The number of anilines is 1. The predicted molar refractivity (Wildman–Crippen MR) is 126 cm³/mol. The Balaban J connectivity index is 1.58. The monoisotopic (exact) mass is 511 g/mol. The highest BCUT2D eigenvalue weighted by Crippen LogP contribution is 2.41. The van der Waals surface area contributed by atoms with E-state index < -0.39 is 11.9 Å². The average Bonchev–Trinajstić information content (AvgIpc) is 3.29. The van der Waals surface area contributed by atoms with Crippen LogP contribution in [0.5, 0.6) is 0 Å². The summed E-state index contributed by atoms with van der Waals surface area (Å²) < 4.78 is 16.5. The molecule has 3 aromatic carbocycles. The molecule has 1 unspecified atom stereocenters. The molecule has 0 fully saturated rings. The minimum atomic E-state index is -0.695. The number of hydrogen-bond donors (Lipinski definition) is 2. The zero-order valence-corrected chi connectivity index (χ0v) is 19.1. The molecular weight excluding hydrogens is 497 g/mol. The molecule has 2 heterocycles. The first-order valence-electron chi connectivity index (χ1n) is 9.77. The zero-order valence-electron chi connectivity index (χ0n) is 16.7. The molecule has 0 saturated heterocycles. The summed E-state index contributed by atoms with van der Waals surface area (Å²) in [5.74, 6) is -1.12. The van der Waals surface area contributed by atoms with Gasteiger partial charge in [0.15, 0.2) is 0 Å². The molecule has 5 nitrogen and oxygen atoms in total. The van der Waals surface area contributed by atoms with Gasteiger partial charge in [-0.05, 0) is 53.9 Å². The molecule has 2 amide bonds. The predicted octanol–water partition coefficient (Wildman–Crippen LogP) is 5.82. The Morgan fingerprint density at radius 2 is 1.97 bits per heavy atom. The Hall–Kier alpha value is -3.16. The summed E-state index contributed by atoms with van der Waals surface area (Å²) in [4.78, 5) is 25.8. The van der Waals surface area contributed by atoms with E-state index in [-0.39, 0.29) is 11.8 Å². The second-order valence-electron chi connectivity index (χ2n) is 7.64. The second kappa shape index (κ2) is 7.76. The van der Waals surface area contributed by atoms with Crippen molar-refractivity contribution in [2.24, 2.45) is 7.05 Å². The van der Waals surface area contributed by atoms with Crippen molar-refractivity contribution in [2.75, 3.05) is 5.32 Å². The average molecular weight is 513 g/mol. The van der Waals surface area contributed by atoms with Crippen LogP contribution >= 0.6 is 27.5 Å². The Morgan fingerprint density at radius 3 is 2.78 bits per heavy atom. The Kier molecular flexibility index (Phi) is 5.03. The van der Waals surface area contributed by atoms with E-state index in [1.54, 1.807) is 18.2 Å². The molecule has 4 aromatic rings. The van der Waals surface area contributed by atoms with Gasteiger partial charge in [0.05, 0.1) is 6.04 Å². The van der Waals surface area contributed by atoms with E-state index in [9.17, 15) is 14.0 Å². The largest absolute Gasteiger partial charge is 0.351 e. The molecule has 0 radical (unpaired) electrons. The van der Waals surface area contributed by atoms with Crippen LogP contribution < -0.4 is 10.6 Å². The van der Waals surface area contributed by atoms with E-state index in [1.165, 1.54) is 18.2 Å². The molecule has 1 aliphatic rings. The summed E-state index contributed by atoms with van der Waals surface area (Å²) in [6, 6.07) is 14.1. The number of nitrogens with zero attached hydrogens (tertiary/aromatic N) is 1. The number of carbonyl (C=O) groups excluding carboxylic acids is 2. The number of hydrogen-bond acceptors (Lipinski definition) is 2. The van der Waals surface area contributed by atoms with E-state index >= 15 is 0 Å². The van der Waals surface area contributed by atoms with Crippen molar-refractivity contribution in [3.63, 3.8) is 0 Å². The number of amides is 2. The Bertz CT molecular complexity index is 1430. The molecule has 0 bridgehead atoms. The third-order valence-electron chi connectivity index (χ3n) is 5.62. The Labute approximate surface area is 196 Å². The molecule has 8 heteroatoms. The first-order valence-corrected chi connectivity index (χ1v) is 10.9. The maximum Gasteiger partial charge on any atom is 0.255 e. The van der Waals surface area contributed by atoms with Crippen LogP contribution in [-0.2, 0) is 7.05 Å². The number of aryl methyl sites for hydroxylation is 1. The quantitative estimate of drug-likeness (QED) is 0.363. The van der Waals surface area contributed by atoms with Crippen molar-refractivity contribution in [3.8, 4) is 0 Å². The second-order valence-corrected chi connectivity index (χ2v) is 8.96. The number of fused-ring (bicyclic) bond motifs is 2. The molecule has 1 aliphatic heterocycles. The summed E-state index contributed by atoms with van der Waals surface area (Å²) >= 11 is 9.73. The van der Waals surface area contributed by atoms with Crippen molar-refractivity contribution >= 4 is 55.9 Å². The summed E-state index contributed by atoms with van der Waals surface area (Å²) in [7, 11) is 1.91. The molecular formula is C24H16BrClFN3O2. The van der Waals surface area contributed by atoms with E-state index in [0.29, 0.717) is 37.4 Å². The van der Waals surface area contributed by atoms with Crippen LogP contribution in [0.1, 0.15) is 37.9 Å². The molecule has 5 rings (SSSR count). The lowest BCUT2D eigenvalue weighted by Gasteiger charge is -2.18. The summed E-state index contributed by atoms with van der Waals surface area (Å²) in [5.41, 5.74) is 3.19. The minimum absolute atomic E-state index is 0.318. The van der Waals surface area contributed by atoms with Crippen molar-refractivity contribution in [1.82, 2.24) is 9.88 Å². The van der Waals surface area contributed by atoms with Crippen LogP contribution in [0.15, 0.2) is 65.3 Å². The molecule has 0 aliphatic carbocycles. The van der Waals surface area contributed by atoms with Gasteiger partial charge >= 0.3 is 0 Å². The third kappa shape index (κ3) is 3.47. The summed E-state index contributed by atoms with van der Waals surface area (Å²) in [6.45, 7) is 0. The summed E-state index contributed by atoms with van der Waals surface area (Å²) in [6.07, 6.45) is 1.93. The number of halogens is 3. The lowest BCUT2D eigenvalue weighted by molar-refractivity contribution is 0.0959. The van der Waals surface area contributed by atoms with Gasteiger partial charge in [-0.25, -0.2) is 4.39 Å². The van der Waals surface area contributed by atoms with Crippen LogP contribution in [0.3, 0.4) is 0 Å². The molecule has 32 heavy (non-hydrogen) atoms. The molecule has 2 N–H and O–H groups in total. The van der Waals surface area contributed by atoms with Crippen molar-refractivity contribution in [3.05, 3.63) is 98.4 Å². The zero-order chi connectivity index (χ0) is 22.6. The lowest BCUT2D eigenvalue weighted by Crippen LogP contribution is -2.21. The van der Waals surface area contributed by atoms with Crippen LogP contribution in [-0.4, -0.2) is 16.4 Å². The Morgan fingerprint density at radius 1 is 1.16 bits per heavy atom. The minimum Gasteiger partial charge on any atom is -0.351 e. The molecule has 0 spiro atoms. The molecule has 1 aromatic heterocycles. The fourth-order valence-corrected chi connectivity index (χ4v) is 4.75. The maximum absolute atomic E-state index is 14.0. The highest BCUT2D eigenvalue weighted by molar-refractivity contribution is 9.10. The van der Waals surface area contributed by atoms with Gasteiger partial charge in [0, 0.05) is 56.2 Å².